The van der Waals surface area contributed by atoms with Gasteiger partial charge in [0.25, 0.3) is 0 Å². The van der Waals surface area contributed by atoms with Crippen LogP contribution in [0.3, 0.4) is 0 Å². The lowest BCUT2D eigenvalue weighted by Crippen LogP contribution is -2.25. The first-order chi connectivity index (χ1) is 7.55. The molecule has 1 aromatic rings. The number of nitrogen functional groups attached to an aromatic ring is 1. The Morgan fingerprint density at radius 2 is 2.31 bits per heavy atom. The van der Waals surface area contributed by atoms with Crippen LogP contribution >= 0.6 is 0 Å². The van der Waals surface area contributed by atoms with E-state index in [9.17, 15) is 0 Å². The molecule has 6 nitrogen and oxygen atoms in total. The van der Waals surface area contributed by atoms with Crippen LogP contribution in [0.15, 0.2) is 12.4 Å². The van der Waals surface area contributed by atoms with Crippen LogP contribution < -0.4 is 10.5 Å². The van der Waals surface area contributed by atoms with Gasteiger partial charge in [-0.1, -0.05) is 0 Å². The van der Waals surface area contributed by atoms with Crippen LogP contribution in [0.5, 0.6) is 5.88 Å². The third kappa shape index (κ3) is 2.80. The van der Waals surface area contributed by atoms with Gasteiger partial charge in [0, 0.05) is 0 Å². The van der Waals surface area contributed by atoms with E-state index in [2.05, 4.69) is 9.97 Å². The van der Waals surface area contributed by atoms with Crippen molar-refractivity contribution >= 4 is 5.82 Å². The first-order valence-electron chi connectivity index (χ1n) is 5.07. The summed E-state index contributed by atoms with van der Waals surface area (Å²) in [4.78, 5) is 7.84. The molecule has 1 saturated heterocycles. The highest BCUT2D eigenvalue weighted by molar-refractivity contribution is 5.24. The van der Waals surface area contributed by atoms with Gasteiger partial charge in [0.15, 0.2) is 5.79 Å². The van der Waals surface area contributed by atoms with Crippen LogP contribution in [0.4, 0.5) is 5.82 Å². The smallest absolute Gasteiger partial charge is 0.232 e. The molecule has 6 heteroatoms. The van der Waals surface area contributed by atoms with Crippen LogP contribution in [0.2, 0.25) is 0 Å². The summed E-state index contributed by atoms with van der Waals surface area (Å²) in [6.45, 7) is 4.66. The van der Waals surface area contributed by atoms with Gasteiger partial charge in [-0.15, -0.1) is 0 Å². The number of nitrogens with two attached hydrogens (primary N) is 1. The topological polar surface area (TPSA) is 79.5 Å². The zero-order valence-electron chi connectivity index (χ0n) is 9.34. The zero-order valence-corrected chi connectivity index (χ0v) is 9.34. The van der Waals surface area contributed by atoms with Crippen LogP contribution in [0.1, 0.15) is 13.8 Å². The summed E-state index contributed by atoms with van der Waals surface area (Å²) in [5, 5.41) is 0. The minimum absolute atomic E-state index is 0.0747. The number of rotatable bonds is 3. The maximum Gasteiger partial charge on any atom is 0.232 e. The summed E-state index contributed by atoms with van der Waals surface area (Å²) in [5.74, 6) is 0.275. The van der Waals surface area contributed by atoms with Gasteiger partial charge in [0.1, 0.15) is 18.5 Å². The Bertz CT molecular complexity index is 353. The number of hydrogen-bond acceptors (Lipinski definition) is 6. The Morgan fingerprint density at radius 1 is 1.50 bits per heavy atom. The molecule has 88 valence electrons. The molecule has 2 rings (SSSR count). The van der Waals surface area contributed by atoms with Crippen molar-refractivity contribution in [2.24, 2.45) is 0 Å². The molecule has 16 heavy (non-hydrogen) atoms. The Hall–Kier alpha value is -1.40. The van der Waals surface area contributed by atoms with Crippen molar-refractivity contribution in [3.8, 4) is 5.88 Å². The Morgan fingerprint density at radius 3 is 2.88 bits per heavy atom. The summed E-state index contributed by atoms with van der Waals surface area (Å²) >= 11 is 0. The highest BCUT2D eigenvalue weighted by atomic mass is 16.7. The van der Waals surface area contributed by atoms with Crippen LogP contribution in [0, 0.1) is 0 Å². The fraction of sp³-hybridized carbons (Fsp3) is 0.600. The molecule has 2 N–H and O–H groups in total. The predicted octanol–water partition coefficient (Wildman–Crippen LogP) is 0.589. The second-order valence-corrected chi connectivity index (χ2v) is 4.04. The number of aromatic nitrogens is 2. The molecule has 0 aliphatic carbocycles. The van der Waals surface area contributed by atoms with E-state index in [-0.39, 0.29) is 6.10 Å². The number of nitrogens with zero attached hydrogens (tertiary/aromatic N) is 2. The molecule has 1 aromatic heterocycles. The van der Waals surface area contributed by atoms with Crippen molar-refractivity contribution in [1.29, 1.82) is 0 Å². The molecule has 1 aliphatic heterocycles. The van der Waals surface area contributed by atoms with Crippen molar-refractivity contribution in [2.45, 2.75) is 25.7 Å². The van der Waals surface area contributed by atoms with E-state index in [0.29, 0.717) is 24.9 Å². The van der Waals surface area contributed by atoms with E-state index in [1.54, 1.807) is 0 Å². The van der Waals surface area contributed by atoms with Crippen molar-refractivity contribution < 1.29 is 14.2 Å². The third-order valence-corrected chi connectivity index (χ3v) is 2.13. The summed E-state index contributed by atoms with van der Waals surface area (Å²) in [7, 11) is 0. The van der Waals surface area contributed by atoms with Crippen LogP contribution in [-0.2, 0) is 9.47 Å². The van der Waals surface area contributed by atoms with Gasteiger partial charge in [-0.05, 0) is 13.8 Å². The summed E-state index contributed by atoms with van der Waals surface area (Å²) in [6, 6.07) is 0. The molecular weight excluding hydrogens is 210 g/mol. The van der Waals surface area contributed by atoms with Crippen molar-refractivity contribution in [3.63, 3.8) is 0 Å². The first kappa shape index (κ1) is 11.1. The monoisotopic (exact) mass is 225 g/mol. The van der Waals surface area contributed by atoms with Crippen LogP contribution in [-0.4, -0.2) is 35.1 Å². The molecule has 0 aromatic carbocycles. The lowest BCUT2D eigenvalue weighted by atomic mass is 10.4. The minimum Gasteiger partial charge on any atom is -0.474 e. The first-order valence-corrected chi connectivity index (χ1v) is 5.07. The second kappa shape index (κ2) is 4.23. The Labute approximate surface area is 93.7 Å². The molecule has 0 spiro atoms. The van der Waals surface area contributed by atoms with E-state index in [4.69, 9.17) is 19.9 Å². The summed E-state index contributed by atoms with van der Waals surface area (Å²) in [5.41, 5.74) is 5.41. The third-order valence-electron chi connectivity index (χ3n) is 2.13. The molecule has 0 radical (unpaired) electrons. The lowest BCUT2D eigenvalue weighted by molar-refractivity contribution is -0.141. The fourth-order valence-electron chi connectivity index (χ4n) is 1.42. The summed E-state index contributed by atoms with van der Waals surface area (Å²) in [6.07, 6.45) is 2.86. The molecule has 0 unspecified atom stereocenters. The quantitative estimate of drug-likeness (QED) is 0.811. The average Bonchev–Trinajstić information content (AvgIpc) is 2.58. The highest BCUT2D eigenvalue weighted by Crippen LogP contribution is 2.22. The maximum atomic E-state index is 5.57. The largest absolute Gasteiger partial charge is 0.474 e. The van der Waals surface area contributed by atoms with Gasteiger partial charge in [0.05, 0.1) is 19.0 Å². The molecule has 0 saturated carbocycles. The van der Waals surface area contributed by atoms with Gasteiger partial charge in [-0.25, -0.2) is 9.97 Å². The standard InChI is InChI=1S/C10H15N3O3/c1-10(2)15-6-7(16-10)5-14-9-4-12-8(11)3-13-9/h3-4,7H,5-6H2,1-2H3,(H2,11,12)/t7-/m1/s1. The molecule has 1 atom stereocenters. The van der Waals surface area contributed by atoms with Gasteiger partial charge in [-0.2, -0.15) is 0 Å². The zero-order chi connectivity index (χ0) is 11.6. The van der Waals surface area contributed by atoms with Gasteiger partial charge in [-0.3, -0.25) is 0 Å². The maximum absolute atomic E-state index is 5.57. The van der Waals surface area contributed by atoms with E-state index in [1.165, 1.54) is 12.4 Å². The SMILES string of the molecule is CC1(C)OC[C@@H](COc2cnc(N)cn2)O1. The van der Waals surface area contributed by atoms with E-state index >= 15 is 0 Å². The minimum atomic E-state index is -0.527. The van der Waals surface area contributed by atoms with Crippen molar-refractivity contribution in [3.05, 3.63) is 12.4 Å². The average molecular weight is 225 g/mol. The highest BCUT2D eigenvalue weighted by Gasteiger charge is 2.32. The molecule has 0 amide bonds. The number of hydrogen-bond donors (Lipinski definition) is 1. The molecule has 2 heterocycles. The van der Waals surface area contributed by atoms with E-state index < -0.39 is 5.79 Å². The molecule has 1 fully saturated rings. The van der Waals surface area contributed by atoms with E-state index in [0.717, 1.165) is 0 Å². The van der Waals surface area contributed by atoms with Gasteiger partial charge in [0.2, 0.25) is 5.88 Å². The van der Waals surface area contributed by atoms with Crippen molar-refractivity contribution in [1.82, 2.24) is 9.97 Å². The van der Waals surface area contributed by atoms with Crippen LogP contribution in [0.25, 0.3) is 0 Å². The fourth-order valence-corrected chi connectivity index (χ4v) is 1.42. The molecule has 1 aliphatic rings. The Balaban J connectivity index is 1.82. The number of ether oxygens (including phenoxy) is 3. The van der Waals surface area contributed by atoms with Gasteiger partial charge < -0.3 is 19.9 Å². The molecule has 0 bridgehead atoms. The van der Waals surface area contributed by atoms with E-state index in [1.807, 2.05) is 13.8 Å². The lowest BCUT2D eigenvalue weighted by Gasteiger charge is -2.17. The number of anilines is 1. The molecular formula is C10H15N3O3. The second-order valence-electron chi connectivity index (χ2n) is 4.04. The van der Waals surface area contributed by atoms with Crippen molar-refractivity contribution in [2.75, 3.05) is 18.9 Å². The predicted molar refractivity (Wildman–Crippen MR) is 56.8 cm³/mol. The van der Waals surface area contributed by atoms with Gasteiger partial charge >= 0.3 is 0 Å². The normalized spacial score (nSPS) is 23.2. The Kier molecular flexibility index (Phi) is 2.93. The summed E-state index contributed by atoms with van der Waals surface area (Å²) < 4.78 is 16.4.